The standard InChI is InChI=1S/C26H25ClN2O4/c1-4-32-25-11-9-16(13-20(25)27)21-15-22-18-7-5-6-8-24(18)33-26(29(22)28-21)19-14-17(30-2)10-12-23(19)31-3/h5-14,22,26H,4,15H2,1-3H3/t22-,26-/m0/s1. The maximum atomic E-state index is 6.47. The first-order valence-corrected chi connectivity index (χ1v) is 11.3. The summed E-state index contributed by atoms with van der Waals surface area (Å²) in [7, 11) is 3.30. The molecule has 3 aromatic carbocycles. The highest BCUT2D eigenvalue weighted by molar-refractivity contribution is 6.32. The molecule has 170 valence electrons. The highest BCUT2D eigenvalue weighted by atomic mass is 35.5. The van der Waals surface area contributed by atoms with Gasteiger partial charge in [-0.15, -0.1) is 0 Å². The number of fused-ring (bicyclic) bond motifs is 3. The van der Waals surface area contributed by atoms with Crippen LogP contribution in [0.25, 0.3) is 0 Å². The first kappa shape index (κ1) is 21.5. The summed E-state index contributed by atoms with van der Waals surface area (Å²) >= 11 is 6.47. The normalized spacial score (nSPS) is 18.7. The average molecular weight is 465 g/mol. The molecule has 7 heteroatoms. The van der Waals surface area contributed by atoms with Crippen molar-refractivity contribution in [2.45, 2.75) is 25.6 Å². The minimum Gasteiger partial charge on any atom is -0.497 e. The molecule has 0 saturated heterocycles. The minimum absolute atomic E-state index is 0.0243. The van der Waals surface area contributed by atoms with Crippen molar-refractivity contribution in [3.8, 4) is 23.0 Å². The number of rotatable bonds is 6. The highest BCUT2D eigenvalue weighted by Gasteiger charge is 2.42. The molecule has 2 atom stereocenters. The van der Waals surface area contributed by atoms with Crippen molar-refractivity contribution in [2.75, 3.05) is 20.8 Å². The lowest BCUT2D eigenvalue weighted by Gasteiger charge is -2.38. The Kier molecular flexibility index (Phi) is 5.77. The van der Waals surface area contributed by atoms with Gasteiger partial charge in [0, 0.05) is 12.0 Å². The Morgan fingerprint density at radius 3 is 2.58 bits per heavy atom. The number of methoxy groups -OCH3 is 2. The fourth-order valence-electron chi connectivity index (χ4n) is 4.40. The second-order valence-corrected chi connectivity index (χ2v) is 8.25. The summed E-state index contributed by atoms with van der Waals surface area (Å²) in [4.78, 5) is 0. The van der Waals surface area contributed by atoms with Crippen LogP contribution in [0.5, 0.6) is 23.0 Å². The maximum Gasteiger partial charge on any atom is 0.217 e. The summed E-state index contributed by atoms with van der Waals surface area (Å²) < 4.78 is 23.2. The largest absolute Gasteiger partial charge is 0.497 e. The molecule has 0 aromatic heterocycles. The van der Waals surface area contributed by atoms with E-state index in [0.717, 1.165) is 40.3 Å². The number of hydrogen-bond acceptors (Lipinski definition) is 6. The van der Waals surface area contributed by atoms with Gasteiger partial charge in [0.05, 0.1) is 43.2 Å². The van der Waals surface area contributed by atoms with Gasteiger partial charge in [0.1, 0.15) is 23.0 Å². The third-order valence-electron chi connectivity index (χ3n) is 5.97. The van der Waals surface area contributed by atoms with Gasteiger partial charge in [0.2, 0.25) is 6.23 Å². The van der Waals surface area contributed by atoms with Crippen LogP contribution in [0.2, 0.25) is 5.02 Å². The van der Waals surface area contributed by atoms with E-state index in [2.05, 4.69) is 6.07 Å². The van der Waals surface area contributed by atoms with Crippen molar-refractivity contribution in [3.63, 3.8) is 0 Å². The Labute approximate surface area is 198 Å². The zero-order valence-electron chi connectivity index (χ0n) is 18.7. The molecule has 2 aliphatic rings. The molecular weight excluding hydrogens is 440 g/mol. The number of ether oxygens (including phenoxy) is 4. The van der Waals surface area contributed by atoms with Crippen LogP contribution >= 0.6 is 11.6 Å². The predicted molar refractivity (Wildman–Crippen MR) is 128 cm³/mol. The number of halogens is 1. The van der Waals surface area contributed by atoms with Gasteiger partial charge in [-0.1, -0.05) is 29.8 Å². The number of nitrogens with zero attached hydrogens (tertiary/aromatic N) is 2. The van der Waals surface area contributed by atoms with Gasteiger partial charge < -0.3 is 18.9 Å². The van der Waals surface area contributed by atoms with E-state index in [4.69, 9.17) is 35.6 Å². The summed E-state index contributed by atoms with van der Waals surface area (Å²) in [5.74, 6) is 2.96. The first-order chi connectivity index (χ1) is 16.1. The van der Waals surface area contributed by atoms with Gasteiger partial charge >= 0.3 is 0 Å². The molecule has 33 heavy (non-hydrogen) atoms. The molecule has 0 saturated carbocycles. The summed E-state index contributed by atoms with van der Waals surface area (Å²) in [6.45, 7) is 2.50. The first-order valence-electron chi connectivity index (χ1n) is 10.9. The van der Waals surface area contributed by atoms with Gasteiger partial charge in [-0.3, -0.25) is 0 Å². The molecule has 3 aromatic rings. The third kappa shape index (κ3) is 3.85. The minimum atomic E-state index is -0.467. The lowest BCUT2D eigenvalue weighted by Crippen LogP contribution is -2.33. The molecule has 0 N–H and O–H groups in total. The van der Waals surface area contributed by atoms with Gasteiger partial charge in [-0.05, 0) is 55.0 Å². The van der Waals surface area contributed by atoms with Crippen molar-refractivity contribution >= 4 is 17.3 Å². The molecular formula is C26H25ClN2O4. The van der Waals surface area contributed by atoms with Crippen molar-refractivity contribution < 1.29 is 18.9 Å². The quantitative estimate of drug-likeness (QED) is 0.448. The van der Waals surface area contributed by atoms with Crippen molar-refractivity contribution in [3.05, 3.63) is 82.4 Å². The fourth-order valence-corrected chi connectivity index (χ4v) is 4.63. The number of benzene rings is 3. The van der Waals surface area contributed by atoms with Crippen LogP contribution in [0.1, 0.15) is 42.3 Å². The van der Waals surface area contributed by atoms with Crippen LogP contribution in [0, 0.1) is 0 Å². The van der Waals surface area contributed by atoms with Crippen LogP contribution in [0.15, 0.2) is 65.8 Å². The van der Waals surface area contributed by atoms with E-state index >= 15 is 0 Å². The second-order valence-electron chi connectivity index (χ2n) is 7.84. The van der Waals surface area contributed by atoms with Crippen LogP contribution in [0.4, 0.5) is 0 Å². The molecule has 0 spiro atoms. The van der Waals surface area contributed by atoms with Gasteiger partial charge in [0.25, 0.3) is 0 Å². The SMILES string of the molecule is CCOc1ccc(C2=NN3[C@@H](C2)c2ccccc2O[C@H]3c2cc(OC)ccc2OC)cc1Cl. The molecule has 6 nitrogen and oxygen atoms in total. The Morgan fingerprint density at radius 2 is 1.82 bits per heavy atom. The Hall–Kier alpha value is -3.38. The molecule has 0 fully saturated rings. The van der Waals surface area contributed by atoms with Crippen molar-refractivity contribution in [1.29, 1.82) is 0 Å². The Bertz CT molecular complexity index is 1210. The van der Waals surface area contributed by atoms with Gasteiger partial charge in [-0.25, -0.2) is 5.01 Å². The maximum absolute atomic E-state index is 6.47. The van der Waals surface area contributed by atoms with Crippen LogP contribution in [-0.2, 0) is 0 Å². The third-order valence-corrected chi connectivity index (χ3v) is 6.26. The average Bonchev–Trinajstić information content (AvgIpc) is 3.30. The smallest absolute Gasteiger partial charge is 0.217 e. The summed E-state index contributed by atoms with van der Waals surface area (Å²) in [6, 6.07) is 19.6. The summed E-state index contributed by atoms with van der Waals surface area (Å²) in [5.41, 5.74) is 3.86. The molecule has 2 aliphatic heterocycles. The Morgan fingerprint density at radius 1 is 1.00 bits per heavy atom. The van der Waals surface area contributed by atoms with E-state index in [1.165, 1.54) is 0 Å². The molecule has 0 bridgehead atoms. The van der Waals surface area contributed by atoms with Crippen molar-refractivity contribution in [1.82, 2.24) is 5.01 Å². The highest BCUT2D eigenvalue weighted by Crippen LogP contribution is 2.49. The van der Waals surface area contributed by atoms with Crippen LogP contribution < -0.4 is 18.9 Å². The Balaban J connectivity index is 1.58. The van der Waals surface area contributed by atoms with Crippen LogP contribution in [0.3, 0.4) is 0 Å². The topological polar surface area (TPSA) is 52.5 Å². The molecule has 2 heterocycles. The predicted octanol–water partition coefficient (Wildman–Crippen LogP) is 6.00. The lowest BCUT2D eigenvalue weighted by atomic mass is 9.95. The van der Waals surface area contributed by atoms with E-state index in [-0.39, 0.29) is 6.04 Å². The molecule has 0 amide bonds. The number of hydrazone groups is 1. The van der Waals surface area contributed by atoms with Gasteiger partial charge in [-0.2, -0.15) is 5.10 Å². The van der Waals surface area contributed by atoms with E-state index < -0.39 is 6.23 Å². The number of para-hydroxylation sites is 1. The summed E-state index contributed by atoms with van der Waals surface area (Å²) in [6.07, 6.45) is 0.263. The fraction of sp³-hybridized carbons (Fsp3) is 0.269. The van der Waals surface area contributed by atoms with Crippen LogP contribution in [-0.4, -0.2) is 31.5 Å². The number of hydrogen-bond donors (Lipinski definition) is 0. The zero-order chi connectivity index (χ0) is 22.9. The van der Waals surface area contributed by atoms with E-state index in [0.29, 0.717) is 23.1 Å². The molecule has 0 unspecified atom stereocenters. The molecule has 0 aliphatic carbocycles. The second kappa shape index (κ2) is 8.87. The van der Waals surface area contributed by atoms with Gasteiger partial charge in [0.15, 0.2) is 0 Å². The zero-order valence-corrected chi connectivity index (χ0v) is 19.5. The molecule has 5 rings (SSSR count). The monoisotopic (exact) mass is 464 g/mol. The van der Waals surface area contributed by atoms with E-state index in [9.17, 15) is 0 Å². The summed E-state index contributed by atoms with van der Waals surface area (Å²) in [5, 5.41) is 7.60. The lowest BCUT2D eigenvalue weighted by molar-refractivity contribution is -0.0204. The molecule has 0 radical (unpaired) electrons. The van der Waals surface area contributed by atoms with Crippen molar-refractivity contribution in [2.24, 2.45) is 5.10 Å². The van der Waals surface area contributed by atoms with E-state index in [1.807, 2.05) is 66.5 Å². The van der Waals surface area contributed by atoms with E-state index in [1.54, 1.807) is 14.2 Å².